The number of thioether (sulfide) groups is 2. The van der Waals surface area contributed by atoms with Gasteiger partial charge in [-0.25, -0.2) is 0 Å². The molecule has 0 amide bonds. The third-order valence-corrected chi connectivity index (χ3v) is 7.04. The molecule has 1 nitrogen and oxygen atoms in total. The first-order valence-corrected chi connectivity index (χ1v) is 8.47. The van der Waals surface area contributed by atoms with E-state index in [2.05, 4.69) is 36.8 Å². The molecule has 3 heteroatoms. The van der Waals surface area contributed by atoms with Gasteiger partial charge in [0, 0.05) is 5.92 Å². The molecule has 1 fully saturated rings. The zero-order valence-corrected chi connectivity index (χ0v) is 12.2. The Morgan fingerprint density at radius 2 is 1.94 bits per heavy atom. The van der Waals surface area contributed by atoms with Crippen LogP contribution in [0.1, 0.15) is 18.4 Å². The second kappa shape index (κ2) is 6.17. The van der Waals surface area contributed by atoms with Gasteiger partial charge < -0.3 is 4.74 Å². The monoisotopic (exact) mass is 268 g/mol. The number of rotatable bonds is 6. The zero-order valence-electron chi connectivity index (χ0n) is 10.5. The molecule has 0 N–H and O–H groups in total. The van der Waals surface area contributed by atoms with Crippen molar-refractivity contribution in [3.63, 3.8) is 0 Å². The fraction of sp³-hybridized carbons (Fsp3) is 0.571. The van der Waals surface area contributed by atoms with Gasteiger partial charge in [-0.3, -0.25) is 0 Å². The molecule has 1 aromatic rings. The van der Waals surface area contributed by atoms with Gasteiger partial charge in [-0.2, -0.15) is 0 Å². The first-order valence-electron chi connectivity index (χ1n) is 6.03. The Hall–Kier alpha value is -0.120. The molecule has 0 bridgehead atoms. The summed E-state index contributed by atoms with van der Waals surface area (Å²) in [5.74, 6) is 0.719. The van der Waals surface area contributed by atoms with Crippen molar-refractivity contribution < 1.29 is 4.74 Å². The fourth-order valence-corrected chi connectivity index (χ4v) is 4.66. The second-order valence-electron chi connectivity index (χ2n) is 4.46. The maximum atomic E-state index is 5.86. The Labute approximate surface area is 113 Å². The summed E-state index contributed by atoms with van der Waals surface area (Å²) in [5.41, 5.74) is 1.27. The quantitative estimate of drug-likeness (QED) is 0.721. The molecule has 0 heterocycles. The molecule has 0 aromatic heterocycles. The van der Waals surface area contributed by atoms with E-state index >= 15 is 0 Å². The average Bonchev–Trinajstić information content (AvgIpc) is 2.36. The van der Waals surface area contributed by atoms with Gasteiger partial charge in [0.2, 0.25) is 0 Å². The molecule has 2 rings (SSSR count). The minimum absolute atomic E-state index is 0.427. The van der Waals surface area contributed by atoms with Crippen LogP contribution in [0.15, 0.2) is 30.3 Å². The highest BCUT2D eigenvalue weighted by Gasteiger charge is 2.45. The van der Waals surface area contributed by atoms with Crippen molar-refractivity contribution in [1.82, 2.24) is 0 Å². The Morgan fingerprint density at radius 3 is 2.47 bits per heavy atom. The van der Waals surface area contributed by atoms with Gasteiger partial charge in [-0.15, -0.1) is 23.5 Å². The molecule has 0 saturated heterocycles. The van der Waals surface area contributed by atoms with Crippen LogP contribution in [-0.2, 0) is 11.3 Å². The molecule has 94 valence electrons. The lowest BCUT2D eigenvalue weighted by molar-refractivity contribution is 0.0574. The van der Waals surface area contributed by atoms with Crippen molar-refractivity contribution in [1.29, 1.82) is 0 Å². The lowest BCUT2D eigenvalue weighted by Crippen LogP contribution is -2.43. The van der Waals surface area contributed by atoms with Crippen LogP contribution in [0, 0.1) is 5.92 Å². The van der Waals surface area contributed by atoms with E-state index in [1.165, 1.54) is 18.4 Å². The molecular weight excluding hydrogens is 248 g/mol. The van der Waals surface area contributed by atoms with E-state index < -0.39 is 0 Å². The maximum absolute atomic E-state index is 5.86. The van der Waals surface area contributed by atoms with Crippen LogP contribution >= 0.6 is 23.5 Å². The van der Waals surface area contributed by atoms with Gasteiger partial charge in [0.1, 0.15) is 0 Å². The molecule has 17 heavy (non-hydrogen) atoms. The van der Waals surface area contributed by atoms with Gasteiger partial charge in [-0.05, 0) is 30.9 Å². The Morgan fingerprint density at radius 1 is 1.24 bits per heavy atom. The smallest absolute Gasteiger partial charge is 0.0717 e. The molecule has 0 aliphatic heterocycles. The van der Waals surface area contributed by atoms with Crippen LogP contribution in [0.3, 0.4) is 0 Å². The predicted molar refractivity (Wildman–Crippen MR) is 78.6 cm³/mol. The Bertz CT molecular complexity index is 330. The minimum atomic E-state index is 0.427. The van der Waals surface area contributed by atoms with Gasteiger partial charge >= 0.3 is 0 Å². The molecule has 0 radical (unpaired) electrons. The number of hydrogen-bond acceptors (Lipinski definition) is 3. The van der Waals surface area contributed by atoms with Crippen molar-refractivity contribution in [2.24, 2.45) is 5.92 Å². The summed E-state index contributed by atoms with van der Waals surface area (Å²) in [6.45, 7) is 1.65. The number of ether oxygens (including phenoxy) is 1. The lowest BCUT2D eigenvalue weighted by atomic mass is 9.84. The number of benzene rings is 1. The van der Waals surface area contributed by atoms with Crippen LogP contribution in [0.2, 0.25) is 0 Å². The van der Waals surface area contributed by atoms with Crippen LogP contribution in [0.5, 0.6) is 0 Å². The van der Waals surface area contributed by atoms with Crippen molar-refractivity contribution in [2.75, 3.05) is 19.1 Å². The van der Waals surface area contributed by atoms with E-state index in [-0.39, 0.29) is 0 Å². The summed E-state index contributed by atoms with van der Waals surface area (Å²) in [7, 11) is 0. The van der Waals surface area contributed by atoms with Crippen LogP contribution in [0.25, 0.3) is 0 Å². The van der Waals surface area contributed by atoms with E-state index in [4.69, 9.17) is 4.74 Å². The molecule has 1 atom stereocenters. The van der Waals surface area contributed by atoms with Crippen LogP contribution < -0.4 is 0 Å². The summed E-state index contributed by atoms with van der Waals surface area (Å²) >= 11 is 3.99. The van der Waals surface area contributed by atoms with E-state index in [1.54, 1.807) is 0 Å². The predicted octanol–water partition coefficient (Wildman–Crippen LogP) is 4.04. The van der Waals surface area contributed by atoms with Crippen molar-refractivity contribution in [3.05, 3.63) is 35.9 Å². The third kappa shape index (κ3) is 3.01. The average molecular weight is 268 g/mol. The SMILES string of the molecule is CSC1(SC)CCC1COCc1ccccc1. The lowest BCUT2D eigenvalue weighted by Gasteiger charge is -2.47. The molecule has 1 aliphatic carbocycles. The van der Waals surface area contributed by atoms with Crippen LogP contribution in [-0.4, -0.2) is 23.2 Å². The van der Waals surface area contributed by atoms with E-state index in [0.29, 0.717) is 4.08 Å². The molecule has 1 saturated carbocycles. The third-order valence-electron chi connectivity index (χ3n) is 3.58. The summed E-state index contributed by atoms with van der Waals surface area (Å²) in [4.78, 5) is 0. The Balaban J connectivity index is 1.76. The summed E-state index contributed by atoms with van der Waals surface area (Å²) < 4.78 is 6.28. The first kappa shape index (κ1) is 13.3. The van der Waals surface area contributed by atoms with Crippen molar-refractivity contribution in [3.8, 4) is 0 Å². The minimum Gasteiger partial charge on any atom is -0.376 e. The van der Waals surface area contributed by atoms with Crippen LogP contribution in [0.4, 0.5) is 0 Å². The molecule has 1 aliphatic rings. The highest BCUT2D eigenvalue weighted by atomic mass is 32.2. The summed E-state index contributed by atoms with van der Waals surface area (Å²) in [5, 5.41) is 0. The Kier molecular flexibility index (Phi) is 4.83. The van der Waals surface area contributed by atoms with E-state index in [0.717, 1.165) is 19.1 Å². The van der Waals surface area contributed by atoms with Gasteiger partial charge in [-0.1, -0.05) is 30.3 Å². The highest BCUT2D eigenvalue weighted by molar-refractivity contribution is 8.17. The molecule has 1 unspecified atom stereocenters. The maximum Gasteiger partial charge on any atom is 0.0717 e. The first-order chi connectivity index (χ1) is 8.30. The summed E-state index contributed by atoms with van der Waals surface area (Å²) in [6.07, 6.45) is 7.09. The molecular formula is C14H20OS2. The standard InChI is InChI=1S/C14H20OS2/c1-16-14(17-2)9-8-13(14)11-15-10-12-6-4-3-5-7-12/h3-7,13H,8-11H2,1-2H3. The van der Waals surface area contributed by atoms with Gasteiger partial charge in [0.05, 0.1) is 17.3 Å². The molecule has 0 spiro atoms. The largest absolute Gasteiger partial charge is 0.376 e. The normalized spacial score (nSPS) is 22.1. The van der Waals surface area contributed by atoms with Gasteiger partial charge in [0.25, 0.3) is 0 Å². The molecule has 1 aromatic carbocycles. The summed E-state index contributed by atoms with van der Waals surface area (Å²) in [6, 6.07) is 10.4. The van der Waals surface area contributed by atoms with Crippen molar-refractivity contribution in [2.45, 2.75) is 23.5 Å². The van der Waals surface area contributed by atoms with E-state index in [1.807, 2.05) is 29.6 Å². The van der Waals surface area contributed by atoms with E-state index in [9.17, 15) is 0 Å². The van der Waals surface area contributed by atoms with Gasteiger partial charge in [0.15, 0.2) is 0 Å². The topological polar surface area (TPSA) is 9.23 Å². The zero-order chi connectivity index (χ0) is 12.1. The van der Waals surface area contributed by atoms with Crippen molar-refractivity contribution >= 4 is 23.5 Å². The fourth-order valence-electron chi connectivity index (χ4n) is 2.31. The second-order valence-corrected chi connectivity index (χ2v) is 6.99. The highest BCUT2D eigenvalue weighted by Crippen LogP contribution is 2.54. The number of hydrogen-bond donors (Lipinski definition) is 0.